The number of likely N-dealkylation sites (tertiary alicyclic amines) is 1. The normalized spacial score (nSPS) is 15.4. The summed E-state index contributed by atoms with van der Waals surface area (Å²) in [4.78, 5) is 24.4. The van der Waals surface area contributed by atoms with Crippen LogP contribution in [0, 0.1) is 0 Å². The first-order valence-electron chi connectivity index (χ1n) is 5.91. The lowest BCUT2D eigenvalue weighted by Gasteiger charge is -2.26. The molecule has 1 fully saturated rings. The van der Waals surface area contributed by atoms with Crippen LogP contribution < -0.4 is 5.32 Å². The van der Waals surface area contributed by atoms with Crippen molar-refractivity contribution in [3.05, 3.63) is 29.8 Å². The second-order valence-corrected chi connectivity index (χ2v) is 4.20. The Labute approximate surface area is 101 Å². The SMILES string of the molecule is O=CNc1cccc(C(=O)N2CCCCC2)c1. The summed E-state index contributed by atoms with van der Waals surface area (Å²) in [5.41, 5.74) is 1.29. The average molecular weight is 232 g/mol. The minimum absolute atomic E-state index is 0.0549. The highest BCUT2D eigenvalue weighted by atomic mass is 16.2. The molecule has 0 atom stereocenters. The number of hydrogen-bond acceptors (Lipinski definition) is 2. The standard InChI is InChI=1S/C13H16N2O2/c16-10-14-12-6-4-5-11(9-12)13(17)15-7-2-1-3-8-15/h4-6,9-10H,1-3,7-8H2,(H,14,16). The summed E-state index contributed by atoms with van der Waals surface area (Å²) in [7, 11) is 0. The first-order valence-corrected chi connectivity index (χ1v) is 5.91. The molecule has 17 heavy (non-hydrogen) atoms. The monoisotopic (exact) mass is 232 g/mol. The Bertz CT molecular complexity index is 412. The van der Waals surface area contributed by atoms with Crippen LogP contribution in [0.5, 0.6) is 0 Å². The predicted molar refractivity (Wildman–Crippen MR) is 65.9 cm³/mol. The molecular weight excluding hydrogens is 216 g/mol. The van der Waals surface area contributed by atoms with E-state index in [9.17, 15) is 9.59 Å². The lowest BCUT2D eigenvalue weighted by molar-refractivity contribution is -0.105. The number of piperidine rings is 1. The number of rotatable bonds is 3. The van der Waals surface area contributed by atoms with Crippen LogP contribution in [0.15, 0.2) is 24.3 Å². The topological polar surface area (TPSA) is 49.4 Å². The van der Waals surface area contributed by atoms with Gasteiger partial charge in [0.1, 0.15) is 0 Å². The fourth-order valence-electron chi connectivity index (χ4n) is 2.09. The molecule has 0 aromatic heterocycles. The number of carbonyl (C=O) groups is 2. The smallest absolute Gasteiger partial charge is 0.253 e. The van der Waals surface area contributed by atoms with Crippen molar-refractivity contribution < 1.29 is 9.59 Å². The summed E-state index contributed by atoms with van der Waals surface area (Å²) in [6.45, 7) is 1.67. The van der Waals surface area contributed by atoms with Crippen molar-refractivity contribution in [2.45, 2.75) is 19.3 Å². The number of nitrogens with one attached hydrogen (secondary N) is 1. The third kappa shape index (κ3) is 2.84. The van der Waals surface area contributed by atoms with Crippen LogP contribution in [-0.2, 0) is 4.79 Å². The highest BCUT2D eigenvalue weighted by Gasteiger charge is 2.17. The van der Waals surface area contributed by atoms with Crippen LogP contribution in [-0.4, -0.2) is 30.3 Å². The van der Waals surface area contributed by atoms with Gasteiger partial charge in [0.2, 0.25) is 6.41 Å². The summed E-state index contributed by atoms with van der Waals surface area (Å²) < 4.78 is 0. The Morgan fingerprint density at radius 1 is 1.24 bits per heavy atom. The second-order valence-electron chi connectivity index (χ2n) is 4.20. The second kappa shape index (κ2) is 5.48. The first-order chi connectivity index (χ1) is 8.31. The molecule has 1 aliphatic rings. The molecule has 0 radical (unpaired) electrons. The van der Waals surface area contributed by atoms with Gasteiger partial charge >= 0.3 is 0 Å². The van der Waals surface area contributed by atoms with Gasteiger partial charge in [0.05, 0.1) is 0 Å². The van der Waals surface area contributed by atoms with Crippen molar-refractivity contribution in [1.82, 2.24) is 4.90 Å². The highest BCUT2D eigenvalue weighted by Crippen LogP contribution is 2.15. The van der Waals surface area contributed by atoms with Crippen LogP contribution in [0.25, 0.3) is 0 Å². The maximum atomic E-state index is 12.2. The maximum Gasteiger partial charge on any atom is 0.253 e. The van der Waals surface area contributed by atoms with Crippen LogP contribution in [0.4, 0.5) is 5.69 Å². The van der Waals surface area contributed by atoms with Gasteiger partial charge in [-0.25, -0.2) is 0 Å². The molecule has 0 unspecified atom stereocenters. The Morgan fingerprint density at radius 3 is 2.71 bits per heavy atom. The van der Waals surface area contributed by atoms with Gasteiger partial charge in [-0.15, -0.1) is 0 Å². The molecule has 1 aromatic carbocycles. The van der Waals surface area contributed by atoms with Crippen molar-refractivity contribution in [3.63, 3.8) is 0 Å². The van der Waals surface area contributed by atoms with E-state index in [0.29, 0.717) is 17.7 Å². The van der Waals surface area contributed by atoms with Crippen molar-refractivity contribution in [3.8, 4) is 0 Å². The van der Waals surface area contributed by atoms with E-state index in [1.165, 1.54) is 6.42 Å². The van der Waals surface area contributed by atoms with Crippen LogP contribution in [0.1, 0.15) is 29.6 Å². The number of amides is 2. The zero-order valence-corrected chi connectivity index (χ0v) is 9.69. The molecular formula is C13H16N2O2. The fraction of sp³-hybridized carbons (Fsp3) is 0.385. The molecule has 0 bridgehead atoms. The van der Waals surface area contributed by atoms with E-state index >= 15 is 0 Å². The third-order valence-electron chi connectivity index (χ3n) is 2.98. The zero-order valence-electron chi connectivity index (χ0n) is 9.69. The molecule has 0 spiro atoms. The molecule has 1 aliphatic heterocycles. The largest absolute Gasteiger partial charge is 0.339 e. The number of hydrogen-bond donors (Lipinski definition) is 1. The van der Waals surface area contributed by atoms with Crippen molar-refractivity contribution in [2.24, 2.45) is 0 Å². The summed E-state index contributed by atoms with van der Waals surface area (Å²) in [5, 5.41) is 2.55. The summed E-state index contributed by atoms with van der Waals surface area (Å²) in [6.07, 6.45) is 3.98. The highest BCUT2D eigenvalue weighted by molar-refractivity contribution is 5.95. The lowest BCUT2D eigenvalue weighted by Crippen LogP contribution is -2.35. The van der Waals surface area contributed by atoms with Crippen molar-refractivity contribution >= 4 is 18.0 Å². The predicted octanol–water partition coefficient (Wildman–Crippen LogP) is 1.88. The zero-order chi connectivity index (χ0) is 12.1. The lowest BCUT2D eigenvalue weighted by atomic mass is 10.1. The van der Waals surface area contributed by atoms with E-state index in [2.05, 4.69) is 5.32 Å². The molecule has 4 heteroatoms. The molecule has 1 saturated heterocycles. The molecule has 0 saturated carbocycles. The average Bonchev–Trinajstić information content (AvgIpc) is 2.40. The van der Waals surface area contributed by atoms with E-state index in [0.717, 1.165) is 25.9 Å². The summed E-state index contributed by atoms with van der Waals surface area (Å²) in [5.74, 6) is 0.0549. The van der Waals surface area contributed by atoms with Crippen LogP contribution in [0.3, 0.4) is 0 Å². The van der Waals surface area contributed by atoms with E-state index < -0.39 is 0 Å². The van der Waals surface area contributed by atoms with Gasteiger partial charge in [0.25, 0.3) is 5.91 Å². The van der Waals surface area contributed by atoms with Gasteiger partial charge in [0, 0.05) is 24.3 Å². The summed E-state index contributed by atoms with van der Waals surface area (Å²) >= 11 is 0. The van der Waals surface area contributed by atoms with Gasteiger partial charge < -0.3 is 10.2 Å². The van der Waals surface area contributed by atoms with Gasteiger partial charge in [-0.3, -0.25) is 9.59 Å². The van der Waals surface area contributed by atoms with Crippen LogP contribution in [0.2, 0.25) is 0 Å². The van der Waals surface area contributed by atoms with E-state index in [1.54, 1.807) is 24.3 Å². The molecule has 2 amide bonds. The fourth-order valence-corrected chi connectivity index (χ4v) is 2.09. The first kappa shape index (κ1) is 11.6. The molecule has 90 valence electrons. The van der Waals surface area contributed by atoms with Gasteiger partial charge in [-0.2, -0.15) is 0 Å². The minimum atomic E-state index is 0.0549. The molecule has 2 rings (SSSR count). The maximum absolute atomic E-state index is 12.2. The molecule has 1 heterocycles. The minimum Gasteiger partial charge on any atom is -0.339 e. The third-order valence-corrected chi connectivity index (χ3v) is 2.98. The van der Waals surface area contributed by atoms with Gasteiger partial charge in [0.15, 0.2) is 0 Å². The molecule has 4 nitrogen and oxygen atoms in total. The molecule has 0 aliphatic carbocycles. The van der Waals surface area contributed by atoms with Crippen LogP contribution >= 0.6 is 0 Å². The number of anilines is 1. The molecule has 1 aromatic rings. The van der Waals surface area contributed by atoms with Crippen molar-refractivity contribution in [1.29, 1.82) is 0 Å². The number of carbonyl (C=O) groups excluding carboxylic acids is 2. The Hall–Kier alpha value is -1.84. The van der Waals surface area contributed by atoms with Crippen molar-refractivity contribution in [2.75, 3.05) is 18.4 Å². The Balaban J connectivity index is 2.12. The van der Waals surface area contributed by atoms with E-state index in [4.69, 9.17) is 0 Å². The van der Waals surface area contributed by atoms with Gasteiger partial charge in [-0.1, -0.05) is 6.07 Å². The van der Waals surface area contributed by atoms with E-state index in [1.807, 2.05) is 4.90 Å². The summed E-state index contributed by atoms with van der Waals surface area (Å²) in [6, 6.07) is 7.04. The van der Waals surface area contributed by atoms with Gasteiger partial charge in [-0.05, 0) is 37.5 Å². The quantitative estimate of drug-likeness (QED) is 0.809. The Morgan fingerprint density at radius 2 is 2.00 bits per heavy atom. The number of nitrogens with zero attached hydrogens (tertiary/aromatic N) is 1. The Kier molecular flexibility index (Phi) is 3.75. The molecule has 1 N–H and O–H groups in total. The van der Waals surface area contributed by atoms with E-state index in [-0.39, 0.29) is 5.91 Å². The number of benzene rings is 1.